The van der Waals surface area contributed by atoms with Gasteiger partial charge in [-0.3, -0.25) is 9.59 Å². The molecule has 3 atom stereocenters. The number of hydrogen-bond donors (Lipinski definition) is 1. The number of aromatic nitrogens is 1. The highest BCUT2D eigenvalue weighted by Gasteiger charge is 2.57. The summed E-state index contributed by atoms with van der Waals surface area (Å²) in [6, 6.07) is 13.1. The Morgan fingerprint density at radius 3 is 2.51 bits per heavy atom. The predicted molar refractivity (Wildman–Crippen MR) is 147 cm³/mol. The van der Waals surface area contributed by atoms with Gasteiger partial charge in [-0.1, -0.05) is 38.3 Å². The Morgan fingerprint density at radius 2 is 1.87 bits per heavy atom. The van der Waals surface area contributed by atoms with Gasteiger partial charge in [-0.05, 0) is 90.8 Å². The average molecular weight is 533 g/mol. The van der Waals surface area contributed by atoms with Crippen LogP contribution in [0.25, 0.3) is 11.5 Å². The fourth-order valence-electron chi connectivity index (χ4n) is 6.60. The summed E-state index contributed by atoms with van der Waals surface area (Å²) in [4.78, 5) is 29.3. The molecule has 2 aliphatic carbocycles. The summed E-state index contributed by atoms with van der Waals surface area (Å²) >= 11 is 0. The Balaban J connectivity index is 1.39. The molecule has 39 heavy (non-hydrogen) atoms. The zero-order valence-corrected chi connectivity index (χ0v) is 23.0. The first kappa shape index (κ1) is 27.1. The number of halogens is 1. The van der Waals surface area contributed by atoms with Crippen LogP contribution in [0.5, 0.6) is 0 Å². The van der Waals surface area contributed by atoms with Crippen molar-refractivity contribution >= 4 is 11.9 Å². The predicted octanol–water partition coefficient (Wildman–Crippen LogP) is 6.98. The molecule has 6 nitrogen and oxygen atoms in total. The van der Waals surface area contributed by atoms with Crippen molar-refractivity contribution in [2.45, 2.75) is 70.1 Å². The van der Waals surface area contributed by atoms with Crippen molar-refractivity contribution in [3.8, 4) is 11.5 Å². The van der Waals surface area contributed by atoms with Gasteiger partial charge in [0.05, 0.1) is 12.6 Å². The molecule has 3 unspecified atom stereocenters. The number of nitrogens with zero attached hydrogens (tertiary/aromatic N) is 2. The Morgan fingerprint density at radius 1 is 1.15 bits per heavy atom. The largest absolute Gasteiger partial charge is 0.481 e. The van der Waals surface area contributed by atoms with Crippen molar-refractivity contribution in [3.63, 3.8) is 0 Å². The van der Waals surface area contributed by atoms with Crippen LogP contribution in [-0.4, -0.2) is 40.5 Å². The minimum absolute atomic E-state index is 0.00308. The van der Waals surface area contributed by atoms with Gasteiger partial charge in [0.25, 0.3) is 5.91 Å². The van der Waals surface area contributed by atoms with Gasteiger partial charge < -0.3 is 14.4 Å². The van der Waals surface area contributed by atoms with Crippen molar-refractivity contribution in [3.05, 3.63) is 76.9 Å². The standard InChI is InChI=1S/C32H37FN2O4/c1-20-25(17-28(39-20)27-14-13-24(33)19-34-27)30(21-7-5-4-6-8-21)26-18-32(26,2)23-11-9-22(10-12-23)31(38)35(3)16-15-29(36)37/h9-14,17,19,21,26,30H,4-8,15-16,18H2,1-3H3,(H,36,37). The van der Waals surface area contributed by atoms with Gasteiger partial charge in [0, 0.05) is 19.2 Å². The van der Waals surface area contributed by atoms with E-state index in [-0.39, 0.29) is 30.1 Å². The minimum Gasteiger partial charge on any atom is -0.481 e. The lowest BCUT2D eigenvalue weighted by atomic mass is 9.72. The fraction of sp³-hybridized carbons (Fsp3) is 0.469. The number of carbonyl (C=O) groups is 2. The summed E-state index contributed by atoms with van der Waals surface area (Å²) in [5.74, 6) is 1.53. The van der Waals surface area contributed by atoms with E-state index in [4.69, 9.17) is 9.52 Å². The highest BCUT2D eigenvalue weighted by Crippen LogP contribution is 2.63. The molecule has 1 aromatic carbocycles. The van der Waals surface area contributed by atoms with Crippen LogP contribution in [0.15, 0.2) is 53.1 Å². The van der Waals surface area contributed by atoms with E-state index < -0.39 is 5.97 Å². The molecule has 206 valence electrons. The molecule has 0 bridgehead atoms. The van der Waals surface area contributed by atoms with Crippen molar-refractivity contribution in [2.75, 3.05) is 13.6 Å². The molecular formula is C32H37FN2O4. The van der Waals surface area contributed by atoms with Gasteiger partial charge >= 0.3 is 5.97 Å². The fourth-order valence-corrected chi connectivity index (χ4v) is 6.60. The van der Waals surface area contributed by atoms with Crippen LogP contribution < -0.4 is 0 Å². The molecule has 0 aliphatic heterocycles. The van der Waals surface area contributed by atoms with Crippen LogP contribution in [0.3, 0.4) is 0 Å². The maximum absolute atomic E-state index is 13.5. The van der Waals surface area contributed by atoms with E-state index in [0.717, 1.165) is 12.2 Å². The van der Waals surface area contributed by atoms with Gasteiger partial charge in [0.15, 0.2) is 5.76 Å². The molecule has 2 aliphatic rings. The number of aryl methyl sites for hydroxylation is 1. The SMILES string of the molecule is Cc1oc(-c2ccc(F)cn2)cc1C(C1CCCCC1)C1CC1(C)c1ccc(C(=O)N(C)CCC(=O)O)cc1. The number of carbonyl (C=O) groups excluding carboxylic acids is 1. The van der Waals surface area contributed by atoms with Gasteiger partial charge in [-0.15, -0.1) is 0 Å². The normalized spacial score (nSPS) is 21.9. The number of benzene rings is 1. The van der Waals surface area contributed by atoms with Gasteiger partial charge in [0.2, 0.25) is 0 Å². The lowest BCUT2D eigenvalue weighted by Gasteiger charge is -2.32. The number of furan rings is 1. The molecule has 5 rings (SSSR count). The molecular weight excluding hydrogens is 495 g/mol. The summed E-state index contributed by atoms with van der Waals surface area (Å²) in [5.41, 5.74) is 3.67. The maximum atomic E-state index is 13.5. The molecule has 2 aromatic heterocycles. The van der Waals surface area contributed by atoms with E-state index in [0.29, 0.717) is 34.8 Å². The molecule has 3 aromatic rings. The van der Waals surface area contributed by atoms with Crippen LogP contribution in [0.1, 0.15) is 85.0 Å². The summed E-state index contributed by atoms with van der Waals surface area (Å²) in [6.45, 7) is 4.53. The molecule has 1 amide bonds. The van der Waals surface area contributed by atoms with Gasteiger partial charge in [-0.2, -0.15) is 0 Å². The molecule has 1 N–H and O–H groups in total. The Kier molecular flexibility index (Phi) is 7.61. The third-order valence-corrected chi connectivity index (χ3v) is 8.99. The monoisotopic (exact) mass is 532 g/mol. The summed E-state index contributed by atoms with van der Waals surface area (Å²) in [6.07, 6.45) is 8.42. The highest BCUT2D eigenvalue weighted by atomic mass is 19.1. The second kappa shape index (κ2) is 10.9. The minimum atomic E-state index is -0.917. The van der Waals surface area contributed by atoms with Crippen molar-refractivity contribution in [1.82, 2.24) is 9.88 Å². The van der Waals surface area contributed by atoms with Crippen LogP contribution >= 0.6 is 0 Å². The Hall–Kier alpha value is -3.48. The number of carboxylic acids is 1. The molecule has 2 saturated carbocycles. The van der Waals surface area contributed by atoms with E-state index >= 15 is 0 Å². The van der Waals surface area contributed by atoms with Gasteiger partial charge in [0.1, 0.15) is 17.3 Å². The zero-order chi connectivity index (χ0) is 27.7. The molecule has 2 heterocycles. The highest BCUT2D eigenvalue weighted by molar-refractivity contribution is 5.94. The van der Waals surface area contributed by atoms with Crippen LogP contribution in [0.2, 0.25) is 0 Å². The summed E-state index contributed by atoms with van der Waals surface area (Å²) in [5, 5.41) is 8.92. The number of aliphatic carboxylic acids is 1. The van der Waals surface area contributed by atoms with Gasteiger partial charge in [-0.25, -0.2) is 9.37 Å². The summed E-state index contributed by atoms with van der Waals surface area (Å²) < 4.78 is 19.7. The third-order valence-electron chi connectivity index (χ3n) is 8.99. The van der Waals surface area contributed by atoms with E-state index in [1.54, 1.807) is 13.1 Å². The van der Waals surface area contributed by atoms with Crippen LogP contribution in [-0.2, 0) is 10.2 Å². The number of pyridine rings is 1. The van der Waals surface area contributed by atoms with Crippen molar-refractivity contribution in [2.24, 2.45) is 11.8 Å². The van der Waals surface area contributed by atoms with E-state index in [1.807, 2.05) is 19.1 Å². The molecule has 7 heteroatoms. The number of rotatable bonds is 9. The smallest absolute Gasteiger partial charge is 0.305 e. The molecule has 0 spiro atoms. The lowest BCUT2D eigenvalue weighted by Crippen LogP contribution is -2.29. The summed E-state index contributed by atoms with van der Waals surface area (Å²) in [7, 11) is 1.63. The van der Waals surface area contributed by atoms with Crippen LogP contribution in [0.4, 0.5) is 4.39 Å². The second-order valence-corrected chi connectivity index (χ2v) is 11.6. The first-order valence-corrected chi connectivity index (χ1v) is 14.0. The second-order valence-electron chi connectivity index (χ2n) is 11.6. The first-order chi connectivity index (χ1) is 18.7. The number of hydrogen-bond acceptors (Lipinski definition) is 4. The Labute approximate surface area is 229 Å². The van der Waals surface area contributed by atoms with E-state index in [2.05, 4.69) is 30.1 Å². The molecule has 2 fully saturated rings. The molecule has 0 radical (unpaired) electrons. The lowest BCUT2D eigenvalue weighted by molar-refractivity contribution is -0.137. The van der Waals surface area contributed by atoms with Crippen LogP contribution in [0, 0.1) is 24.6 Å². The maximum Gasteiger partial charge on any atom is 0.305 e. The molecule has 0 saturated heterocycles. The third kappa shape index (κ3) is 5.63. The average Bonchev–Trinajstić information content (AvgIpc) is 3.48. The van der Waals surface area contributed by atoms with Crippen molar-refractivity contribution in [1.29, 1.82) is 0 Å². The number of carboxylic acid groups (broad SMARTS) is 1. The Bertz CT molecular complexity index is 1330. The first-order valence-electron chi connectivity index (χ1n) is 14.0. The number of amides is 1. The van der Waals surface area contributed by atoms with E-state index in [1.165, 1.54) is 60.4 Å². The zero-order valence-electron chi connectivity index (χ0n) is 23.0. The topological polar surface area (TPSA) is 83.6 Å². The van der Waals surface area contributed by atoms with Crippen molar-refractivity contribution < 1.29 is 23.5 Å². The quantitative estimate of drug-likeness (QED) is 0.321. The van der Waals surface area contributed by atoms with E-state index in [9.17, 15) is 14.0 Å².